The third-order valence-corrected chi connectivity index (χ3v) is 0.964. The Bertz CT molecular complexity index is 55.7. The molecule has 1 radical (unpaired) electrons. The predicted octanol–water partition coefficient (Wildman–Crippen LogP) is 1.98. The third kappa shape index (κ3) is 23.1. The average Bonchev–Trinajstić information content (AvgIpc) is 1.91. The van der Waals surface area contributed by atoms with Gasteiger partial charge in [0.05, 0.1) is 0 Å². The summed E-state index contributed by atoms with van der Waals surface area (Å²) in [5.74, 6) is 0. The Morgan fingerprint density at radius 3 is 1.80 bits per heavy atom. The molecular formula is C6H15NOSY-2. The molecular weight excluding hydrogens is 223 g/mol. The Balaban J connectivity index is -0.0000000412. The van der Waals surface area contributed by atoms with E-state index in [2.05, 4.69) is 12.2 Å². The van der Waals surface area contributed by atoms with E-state index in [-0.39, 0.29) is 45.4 Å². The molecule has 10 heavy (non-hydrogen) atoms. The van der Waals surface area contributed by atoms with Crippen molar-refractivity contribution in [3.8, 4) is 0 Å². The molecule has 0 aromatic carbocycles. The van der Waals surface area contributed by atoms with Gasteiger partial charge in [-0.3, -0.25) is 4.79 Å². The van der Waals surface area contributed by atoms with E-state index >= 15 is 0 Å². The van der Waals surface area contributed by atoms with Crippen molar-refractivity contribution in [2.45, 2.75) is 6.92 Å². The molecule has 0 heterocycles. The molecule has 0 atom stereocenters. The molecule has 0 saturated heterocycles. The van der Waals surface area contributed by atoms with Gasteiger partial charge in [-0.15, -0.1) is 0 Å². The summed E-state index contributed by atoms with van der Waals surface area (Å²) in [6, 6.07) is 0. The van der Waals surface area contributed by atoms with Gasteiger partial charge in [-0.05, 0) is 6.26 Å². The summed E-state index contributed by atoms with van der Waals surface area (Å²) in [6.45, 7) is 5.00. The number of hydrogen-bond acceptors (Lipinski definition) is 2. The van der Waals surface area contributed by atoms with E-state index in [1.54, 1.807) is 20.2 Å². The molecule has 0 aliphatic rings. The third-order valence-electron chi connectivity index (χ3n) is 0.390. The van der Waals surface area contributed by atoms with E-state index in [1.165, 1.54) is 11.8 Å². The van der Waals surface area contributed by atoms with Crippen LogP contribution < -0.4 is 5.32 Å². The summed E-state index contributed by atoms with van der Waals surface area (Å²) in [6.07, 6.45) is 1.73. The Morgan fingerprint density at radius 2 is 1.80 bits per heavy atom. The minimum Gasteiger partial charge on any atom is -0.358 e. The van der Waals surface area contributed by atoms with Crippen molar-refractivity contribution < 1.29 is 37.5 Å². The van der Waals surface area contributed by atoms with Gasteiger partial charge in [0, 0.05) is 39.8 Å². The monoisotopic (exact) mass is 238 g/mol. The summed E-state index contributed by atoms with van der Waals surface area (Å²) in [7, 11) is 1.61. The Kier molecular flexibility index (Phi) is 50.5. The molecule has 0 aliphatic carbocycles. The van der Waals surface area contributed by atoms with Crippen LogP contribution in [-0.4, -0.2) is 18.5 Å². The van der Waals surface area contributed by atoms with Crippen LogP contribution >= 0.6 is 11.8 Å². The summed E-state index contributed by atoms with van der Waals surface area (Å²) in [5, 5.41) is 2.45. The molecule has 0 rings (SSSR count). The van der Waals surface area contributed by atoms with Gasteiger partial charge >= 0.3 is 0 Å². The number of thioether (sulfide) groups is 1. The zero-order chi connectivity index (χ0) is 6.99. The molecule has 61 valence electrons. The van der Waals surface area contributed by atoms with E-state index in [1.807, 2.05) is 0 Å². The second-order valence-electron chi connectivity index (χ2n) is 0.742. The first-order valence-electron chi connectivity index (χ1n) is 2.27. The number of carbonyl (C=O) groups is 1. The van der Waals surface area contributed by atoms with Crippen LogP contribution in [-0.2, 0) is 32.7 Å². The van der Waals surface area contributed by atoms with Crippen molar-refractivity contribution in [3.05, 3.63) is 14.4 Å². The van der Waals surface area contributed by atoms with Gasteiger partial charge in [0.15, 0.2) is 0 Å². The fourth-order valence-corrected chi connectivity index (χ4v) is 0.306. The first kappa shape index (κ1) is 22.4. The first-order valence-corrected chi connectivity index (χ1v) is 3.50. The fraction of sp³-hybridized carbons (Fsp3) is 0.500. The molecule has 0 saturated carbocycles. The van der Waals surface area contributed by atoms with Crippen molar-refractivity contribution in [1.82, 2.24) is 5.32 Å². The topological polar surface area (TPSA) is 29.1 Å². The van der Waals surface area contributed by atoms with E-state index in [0.29, 0.717) is 0 Å². The first-order chi connectivity index (χ1) is 3.81. The smallest absolute Gasteiger partial charge is 0.278 e. The van der Waals surface area contributed by atoms with Crippen molar-refractivity contribution in [2.24, 2.45) is 0 Å². The van der Waals surface area contributed by atoms with Crippen molar-refractivity contribution >= 4 is 17.0 Å². The SMILES string of the molecule is CNC(=O)SC.[CH2-]C.[CH3-].[Y]. The maximum atomic E-state index is 10.0. The largest absolute Gasteiger partial charge is 0.358 e. The van der Waals surface area contributed by atoms with Crippen molar-refractivity contribution in [2.75, 3.05) is 13.3 Å². The van der Waals surface area contributed by atoms with Crippen LogP contribution in [0.3, 0.4) is 0 Å². The molecule has 4 heteroatoms. The average molecular weight is 238 g/mol. The molecule has 0 aromatic rings. The Morgan fingerprint density at radius 1 is 1.50 bits per heavy atom. The zero-order valence-corrected chi connectivity index (χ0v) is 10.8. The van der Waals surface area contributed by atoms with Gasteiger partial charge in [-0.1, -0.05) is 11.8 Å². The normalized spacial score (nSPS) is 5.20. The van der Waals surface area contributed by atoms with E-state index in [0.717, 1.165) is 0 Å². The summed E-state index contributed by atoms with van der Waals surface area (Å²) >= 11 is 1.17. The molecule has 0 unspecified atom stereocenters. The zero-order valence-electron chi connectivity index (χ0n) is 7.10. The van der Waals surface area contributed by atoms with Gasteiger partial charge in [0.25, 0.3) is 5.24 Å². The predicted molar refractivity (Wildman–Crippen MR) is 45.4 cm³/mol. The van der Waals surface area contributed by atoms with E-state index in [4.69, 9.17) is 0 Å². The molecule has 0 fully saturated rings. The minimum atomic E-state index is 0. The maximum absolute atomic E-state index is 10.0. The molecule has 1 N–H and O–H groups in total. The molecule has 0 aromatic heterocycles. The molecule has 2 nitrogen and oxygen atoms in total. The molecule has 0 spiro atoms. The number of carbonyl (C=O) groups excluding carboxylic acids is 1. The molecule has 0 aliphatic heterocycles. The minimum absolute atomic E-state index is 0. The second-order valence-corrected chi connectivity index (χ2v) is 1.52. The van der Waals surface area contributed by atoms with Gasteiger partial charge in [0.2, 0.25) is 0 Å². The van der Waals surface area contributed by atoms with Crippen molar-refractivity contribution in [1.29, 1.82) is 0 Å². The van der Waals surface area contributed by atoms with Crippen molar-refractivity contribution in [3.63, 3.8) is 0 Å². The van der Waals surface area contributed by atoms with Gasteiger partial charge in [-0.2, -0.15) is 6.92 Å². The summed E-state index contributed by atoms with van der Waals surface area (Å²) in [4.78, 5) is 10.0. The Labute approximate surface area is 93.8 Å². The van der Waals surface area contributed by atoms with Crippen LogP contribution in [0.1, 0.15) is 6.92 Å². The quantitative estimate of drug-likeness (QED) is 0.654. The maximum Gasteiger partial charge on any atom is 0.278 e. The van der Waals surface area contributed by atoms with Gasteiger partial charge in [-0.25, -0.2) is 0 Å². The molecule has 1 amide bonds. The van der Waals surface area contributed by atoms with Gasteiger partial charge in [0.1, 0.15) is 0 Å². The molecule has 0 bridgehead atoms. The number of rotatable bonds is 0. The van der Waals surface area contributed by atoms with Gasteiger partial charge < -0.3 is 19.7 Å². The van der Waals surface area contributed by atoms with Crippen LogP contribution in [0.25, 0.3) is 0 Å². The van der Waals surface area contributed by atoms with E-state index in [9.17, 15) is 4.79 Å². The number of hydrogen-bond donors (Lipinski definition) is 1. The number of amides is 1. The summed E-state index contributed by atoms with van der Waals surface area (Å²) in [5.41, 5.74) is 0. The van der Waals surface area contributed by atoms with Crippen LogP contribution in [0, 0.1) is 14.4 Å². The van der Waals surface area contributed by atoms with Crippen LogP contribution in [0.15, 0.2) is 0 Å². The van der Waals surface area contributed by atoms with Crippen LogP contribution in [0.2, 0.25) is 0 Å². The number of nitrogens with one attached hydrogen (secondary N) is 1. The van der Waals surface area contributed by atoms with Crippen LogP contribution in [0.5, 0.6) is 0 Å². The van der Waals surface area contributed by atoms with E-state index < -0.39 is 0 Å². The summed E-state index contributed by atoms with van der Waals surface area (Å²) < 4.78 is 0. The fourth-order valence-electron chi connectivity index (χ4n) is 0.102. The Hall–Kier alpha value is 0.924. The van der Waals surface area contributed by atoms with Crippen LogP contribution in [0.4, 0.5) is 4.79 Å². The standard InChI is InChI=1S/C3H7NOS.C2H5.CH3.Y/c1-4-3(5)6-2;1-2;;/h1-2H3,(H,4,5);1H2,2H3;1H3;/q;2*-1;. The second kappa shape index (κ2) is 22.5.